The second-order valence-corrected chi connectivity index (χ2v) is 5.58. The van der Waals surface area contributed by atoms with Gasteiger partial charge in [0.25, 0.3) is 5.56 Å². The van der Waals surface area contributed by atoms with Gasteiger partial charge in [-0.3, -0.25) is 14.3 Å². The van der Waals surface area contributed by atoms with Crippen molar-refractivity contribution in [3.05, 3.63) is 45.1 Å². The average Bonchev–Trinajstić information content (AvgIpc) is 2.49. The molecule has 0 unspecified atom stereocenters. The molecule has 1 aromatic carbocycles. The average molecular weight is 361 g/mol. The van der Waals surface area contributed by atoms with Crippen LogP contribution in [0.3, 0.4) is 0 Å². The summed E-state index contributed by atoms with van der Waals surface area (Å²) < 4.78 is 1.31. The number of likely N-dealkylation sites (N-methyl/N-ethyl adjacent to an activating group) is 1. The van der Waals surface area contributed by atoms with E-state index in [9.17, 15) is 9.59 Å². The summed E-state index contributed by atoms with van der Waals surface area (Å²) >= 11 is 0. The van der Waals surface area contributed by atoms with Crippen molar-refractivity contribution < 1.29 is 0 Å². The number of nitrogens with one attached hydrogen (secondary N) is 1. The van der Waals surface area contributed by atoms with Crippen molar-refractivity contribution in [2.75, 3.05) is 39.8 Å². The first-order valence-electron chi connectivity index (χ1n) is 7.28. The van der Waals surface area contributed by atoms with E-state index in [2.05, 4.69) is 21.8 Å². The summed E-state index contributed by atoms with van der Waals surface area (Å²) in [4.78, 5) is 31.8. The molecule has 0 bridgehead atoms. The van der Waals surface area contributed by atoms with E-state index in [0.29, 0.717) is 17.4 Å². The predicted molar refractivity (Wildman–Crippen MR) is 97.3 cm³/mol. The Hall–Kier alpha value is -1.34. The molecular weight excluding hydrogens is 339 g/mol. The number of para-hydroxylation sites is 1. The van der Waals surface area contributed by atoms with Gasteiger partial charge in [-0.2, -0.15) is 0 Å². The van der Waals surface area contributed by atoms with Gasteiger partial charge in [-0.15, -0.1) is 24.8 Å². The molecule has 1 aliphatic rings. The van der Waals surface area contributed by atoms with E-state index in [4.69, 9.17) is 0 Å². The van der Waals surface area contributed by atoms with E-state index in [1.54, 1.807) is 12.1 Å². The van der Waals surface area contributed by atoms with Crippen molar-refractivity contribution in [1.29, 1.82) is 0 Å². The summed E-state index contributed by atoms with van der Waals surface area (Å²) in [5.74, 6) is 0. The molecule has 128 valence electrons. The van der Waals surface area contributed by atoms with E-state index in [0.717, 1.165) is 32.7 Å². The summed E-state index contributed by atoms with van der Waals surface area (Å²) in [5.41, 5.74) is 0.0691. The van der Waals surface area contributed by atoms with Gasteiger partial charge in [0.2, 0.25) is 0 Å². The molecule has 1 N–H and O–H groups in total. The molecule has 3 rings (SSSR count). The van der Waals surface area contributed by atoms with Crippen molar-refractivity contribution in [3.8, 4) is 0 Å². The van der Waals surface area contributed by atoms with Crippen LogP contribution < -0.4 is 11.2 Å². The van der Waals surface area contributed by atoms with Gasteiger partial charge < -0.3 is 9.88 Å². The molecule has 6 nitrogen and oxygen atoms in total. The van der Waals surface area contributed by atoms with E-state index >= 15 is 0 Å². The molecule has 0 radical (unpaired) electrons. The van der Waals surface area contributed by atoms with Crippen LogP contribution >= 0.6 is 24.8 Å². The number of benzene rings is 1. The molecule has 0 spiro atoms. The minimum Gasteiger partial charge on any atom is -0.307 e. The Balaban J connectivity index is 0.00000132. The molecule has 0 saturated carbocycles. The zero-order valence-corrected chi connectivity index (χ0v) is 14.7. The molecule has 23 heavy (non-hydrogen) atoms. The topological polar surface area (TPSA) is 61.3 Å². The zero-order valence-electron chi connectivity index (χ0n) is 13.0. The standard InChI is InChI=1S/C15H20N4O2.2ClH/c1-17-6-8-18(9-7-17)10-11-19-14(20)12-4-2-3-5-13(12)16-15(19)21;;/h2-5H,6-11H2,1H3,(H,16,21);2*1H. The Bertz CT molecular complexity index is 751. The monoisotopic (exact) mass is 360 g/mol. The quantitative estimate of drug-likeness (QED) is 0.878. The van der Waals surface area contributed by atoms with Crippen LogP contribution in [0.5, 0.6) is 0 Å². The van der Waals surface area contributed by atoms with Crippen molar-refractivity contribution >= 4 is 35.7 Å². The van der Waals surface area contributed by atoms with E-state index in [-0.39, 0.29) is 36.1 Å². The van der Waals surface area contributed by atoms with E-state index in [1.165, 1.54) is 4.57 Å². The fourth-order valence-corrected chi connectivity index (χ4v) is 2.71. The Morgan fingerprint density at radius 2 is 1.65 bits per heavy atom. The molecular formula is C15H22Cl2N4O2. The van der Waals surface area contributed by atoms with Gasteiger partial charge in [0.15, 0.2) is 0 Å². The van der Waals surface area contributed by atoms with Crippen LogP contribution in [0, 0.1) is 0 Å². The van der Waals surface area contributed by atoms with Gasteiger partial charge in [-0.25, -0.2) is 4.79 Å². The lowest BCUT2D eigenvalue weighted by Gasteiger charge is -2.32. The highest BCUT2D eigenvalue weighted by Crippen LogP contribution is 2.03. The van der Waals surface area contributed by atoms with E-state index < -0.39 is 0 Å². The first kappa shape index (κ1) is 19.7. The number of aromatic nitrogens is 2. The first-order chi connectivity index (χ1) is 10.1. The maximum absolute atomic E-state index is 12.4. The summed E-state index contributed by atoms with van der Waals surface area (Å²) in [6.45, 7) is 5.19. The maximum Gasteiger partial charge on any atom is 0.328 e. The number of halogens is 2. The third-order valence-electron chi connectivity index (χ3n) is 4.13. The highest BCUT2D eigenvalue weighted by Gasteiger charge is 2.14. The number of rotatable bonds is 3. The van der Waals surface area contributed by atoms with Crippen LogP contribution in [-0.2, 0) is 6.54 Å². The minimum atomic E-state index is -0.326. The van der Waals surface area contributed by atoms with Crippen LogP contribution in [0.25, 0.3) is 10.9 Å². The smallest absolute Gasteiger partial charge is 0.307 e. The molecule has 0 amide bonds. The molecule has 1 saturated heterocycles. The number of hydrogen-bond acceptors (Lipinski definition) is 4. The molecule has 1 fully saturated rings. The largest absolute Gasteiger partial charge is 0.328 e. The van der Waals surface area contributed by atoms with Gasteiger partial charge in [0, 0.05) is 39.3 Å². The van der Waals surface area contributed by atoms with Crippen molar-refractivity contribution in [1.82, 2.24) is 19.4 Å². The Morgan fingerprint density at radius 1 is 1.00 bits per heavy atom. The second-order valence-electron chi connectivity index (χ2n) is 5.58. The molecule has 0 atom stereocenters. The van der Waals surface area contributed by atoms with Crippen LogP contribution in [0.2, 0.25) is 0 Å². The summed E-state index contributed by atoms with van der Waals surface area (Å²) in [6.07, 6.45) is 0. The fourth-order valence-electron chi connectivity index (χ4n) is 2.71. The highest BCUT2D eigenvalue weighted by atomic mass is 35.5. The SMILES string of the molecule is CN1CCN(CCn2c(=O)[nH]c3ccccc3c2=O)CC1.Cl.Cl. The van der Waals surface area contributed by atoms with Gasteiger partial charge in [-0.1, -0.05) is 12.1 Å². The third kappa shape index (κ3) is 4.35. The van der Waals surface area contributed by atoms with Crippen molar-refractivity contribution in [2.24, 2.45) is 0 Å². The predicted octanol–water partition coefficient (Wildman–Crippen LogP) is 0.781. The van der Waals surface area contributed by atoms with Crippen LogP contribution in [-0.4, -0.2) is 59.1 Å². The normalized spacial score (nSPS) is 15.9. The van der Waals surface area contributed by atoms with Gasteiger partial charge >= 0.3 is 5.69 Å². The lowest BCUT2D eigenvalue weighted by atomic mass is 10.2. The minimum absolute atomic E-state index is 0. The van der Waals surface area contributed by atoms with Crippen LogP contribution in [0.1, 0.15) is 0 Å². The highest BCUT2D eigenvalue weighted by molar-refractivity contribution is 5.85. The van der Waals surface area contributed by atoms with Crippen LogP contribution in [0.4, 0.5) is 0 Å². The van der Waals surface area contributed by atoms with Gasteiger partial charge in [0.1, 0.15) is 0 Å². The Morgan fingerprint density at radius 3 is 2.35 bits per heavy atom. The van der Waals surface area contributed by atoms with Crippen molar-refractivity contribution in [2.45, 2.75) is 6.54 Å². The lowest BCUT2D eigenvalue weighted by molar-refractivity contribution is 0.149. The van der Waals surface area contributed by atoms with Crippen LogP contribution in [0.15, 0.2) is 33.9 Å². The molecule has 1 aliphatic heterocycles. The molecule has 2 aromatic rings. The maximum atomic E-state index is 12.4. The van der Waals surface area contributed by atoms with Gasteiger partial charge in [-0.05, 0) is 19.2 Å². The first-order valence-corrected chi connectivity index (χ1v) is 7.28. The number of piperazine rings is 1. The fraction of sp³-hybridized carbons (Fsp3) is 0.467. The zero-order chi connectivity index (χ0) is 14.8. The van der Waals surface area contributed by atoms with E-state index in [1.807, 2.05) is 12.1 Å². The van der Waals surface area contributed by atoms with Gasteiger partial charge in [0.05, 0.1) is 10.9 Å². The molecule has 8 heteroatoms. The van der Waals surface area contributed by atoms with Crippen molar-refractivity contribution in [3.63, 3.8) is 0 Å². The summed E-state index contributed by atoms with van der Waals surface area (Å²) in [7, 11) is 2.11. The third-order valence-corrected chi connectivity index (χ3v) is 4.13. The molecule has 1 aromatic heterocycles. The number of hydrogen-bond donors (Lipinski definition) is 1. The summed E-state index contributed by atoms with van der Waals surface area (Å²) in [6, 6.07) is 7.13. The lowest BCUT2D eigenvalue weighted by Crippen LogP contribution is -2.47. The number of nitrogens with zero attached hydrogens (tertiary/aromatic N) is 3. The number of aromatic amines is 1. The molecule has 2 heterocycles. The second kappa shape index (κ2) is 8.49. The number of H-pyrrole nitrogens is 1. The summed E-state index contributed by atoms with van der Waals surface area (Å²) in [5, 5.41) is 0.565. The molecule has 0 aliphatic carbocycles. The Kier molecular flexibility index (Phi) is 7.28. The number of fused-ring (bicyclic) bond motifs is 1. The Labute approximate surface area is 146 Å².